The summed E-state index contributed by atoms with van der Waals surface area (Å²) in [4.78, 5) is 4.17. The highest BCUT2D eigenvalue weighted by atomic mass is 16.6. The van der Waals surface area contributed by atoms with Crippen molar-refractivity contribution < 1.29 is 9.47 Å². The maximum atomic E-state index is 5.70. The highest BCUT2D eigenvalue weighted by Crippen LogP contribution is 2.38. The highest BCUT2D eigenvalue weighted by molar-refractivity contribution is 5.44. The van der Waals surface area contributed by atoms with Crippen LogP contribution in [0.4, 0.5) is 0 Å². The quantitative estimate of drug-likeness (QED) is 0.843. The van der Waals surface area contributed by atoms with Crippen molar-refractivity contribution in [2.45, 2.75) is 19.8 Å². The van der Waals surface area contributed by atoms with Crippen LogP contribution < -0.4 is 15.2 Å². The summed E-state index contributed by atoms with van der Waals surface area (Å²) < 4.78 is 11.1. The molecule has 0 aliphatic carbocycles. The van der Waals surface area contributed by atoms with Crippen molar-refractivity contribution >= 4 is 0 Å². The zero-order chi connectivity index (χ0) is 11.5. The Kier molecular flexibility index (Phi) is 3.29. The van der Waals surface area contributed by atoms with Gasteiger partial charge in [0.2, 0.25) is 0 Å². The summed E-state index contributed by atoms with van der Waals surface area (Å²) in [6.45, 7) is 6.13. The number of rotatable bonds is 3. The van der Waals surface area contributed by atoms with Gasteiger partial charge in [-0.3, -0.25) is 0 Å². The summed E-state index contributed by atoms with van der Waals surface area (Å²) in [6.07, 6.45) is 1.77. The molecule has 0 amide bonds. The first-order valence-electron chi connectivity index (χ1n) is 5.68. The van der Waals surface area contributed by atoms with Crippen LogP contribution in [0.15, 0.2) is 12.3 Å². The molecule has 0 spiro atoms. The lowest BCUT2D eigenvalue weighted by Gasteiger charge is -2.25. The lowest BCUT2D eigenvalue weighted by atomic mass is 9.89. The lowest BCUT2D eigenvalue weighted by Crippen LogP contribution is -2.21. The number of nitrogens with two attached hydrogens (primary N) is 1. The summed E-state index contributed by atoms with van der Waals surface area (Å²) in [5.74, 6) is 2.17. The predicted molar refractivity (Wildman–Crippen MR) is 61.9 cm³/mol. The maximum absolute atomic E-state index is 5.70. The average molecular weight is 222 g/mol. The van der Waals surface area contributed by atoms with Gasteiger partial charge in [0.1, 0.15) is 13.2 Å². The molecule has 2 heterocycles. The summed E-state index contributed by atoms with van der Waals surface area (Å²) in [7, 11) is 0. The van der Waals surface area contributed by atoms with Crippen molar-refractivity contribution in [3.63, 3.8) is 0 Å². The van der Waals surface area contributed by atoms with Crippen LogP contribution in [-0.2, 0) is 0 Å². The molecule has 1 aliphatic rings. The van der Waals surface area contributed by atoms with Gasteiger partial charge in [0.25, 0.3) is 5.88 Å². The summed E-state index contributed by atoms with van der Waals surface area (Å²) in [5.41, 5.74) is 6.84. The van der Waals surface area contributed by atoms with E-state index in [1.807, 2.05) is 6.07 Å². The second-order valence-electron chi connectivity index (χ2n) is 4.23. The Morgan fingerprint density at radius 1 is 1.38 bits per heavy atom. The number of hydrogen-bond donors (Lipinski definition) is 1. The number of fused-ring (bicyclic) bond motifs is 1. The third-order valence-corrected chi connectivity index (χ3v) is 3.19. The second-order valence-corrected chi connectivity index (χ2v) is 4.23. The molecule has 4 nitrogen and oxygen atoms in total. The van der Waals surface area contributed by atoms with Gasteiger partial charge in [-0.15, -0.1) is 0 Å². The third kappa shape index (κ3) is 1.97. The normalized spacial score (nSPS) is 17.9. The first-order valence-corrected chi connectivity index (χ1v) is 5.68. The fourth-order valence-corrected chi connectivity index (χ4v) is 1.84. The Morgan fingerprint density at radius 3 is 2.88 bits per heavy atom. The van der Waals surface area contributed by atoms with E-state index in [2.05, 4.69) is 18.8 Å². The van der Waals surface area contributed by atoms with Crippen LogP contribution in [0.2, 0.25) is 0 Å². The van der Waals surface area contributed by atoms with E-state index in [0.717, 1.165) is 11.3 Å². The van der Waals surface area contributed by atoms with Crippen molar-refractivity contribution in [3.05, 3.63) is 17.8 Å². The number of aromatic nitrogens is 1. The SMILES string of the molecule is CC(CN)C(C)c1ccnc2c1OCCO2. The zero-order valence-corrected chi connectivity index (χ0v) is 9.77. The molecule has 2 rings (SSSR count). The van der Waals surface area contributed by atoms with E-state index in [-0.39, 0.29) is 0 Å². The van der Waals surface area contributed by atoms with E-state index >= 15 is 0 Å². The van der Waals surface area contributed by atoms with Crippen LogP contribution in [0.3, 0.4) is 0 Å². The molecule has 4 heteroatoms. The number of pyridine rings is 1. The molecule has 2 N–H and O–H groups in total. The highest BCUT2D eigenvalue weighted by Gasteiger charge is 2.23. The van der Waals surface area contributed by atoms with E-state index in [9.17, 15) is 0 Å². The molecule has 0 fully saturated rings. The Balaban J connectivity index is 2.33. The Labute approximate surface area is 95.8 Å². The topological polar surface area (TPSA) is 57.4 Å². The molecule has 0 radical (unpaired) electrons. The standard InChI is InChI=1S/C12H18N2O2/c1-8(7-13)9(2)10-3-4-14-12-11(10)15-5-6-16-12/h3-4,8-9H,5-7,13H2,1-2H3. The fourth-order valence-electron chi connectivity index (χ4n) is 1.84. The Bertz CT molecular complexity index is 368. The number of nitrogens with zero attached hydrogens (tertiary/aromatic N) is 1. The molecule has 88 valence electrons. The number of hydrogen-bond acceptors (Lipinski definition) is 4. The monoisotopic (exact) mass is 222 g/mol. The number of ether oxygens (including phenoxy) is 2. The van der Waals surface area contributed by atoms with E-state index in [4.69, 9.17) is 15.2 Å². The molecule has 0 bridgehead atoms. The van der Waals surface area contributed by atoms with Gasteiger partial charge in [-0.1, -0.05) is 13.8 Å². The minimum Gasteiger partial charge on any atom is -0.484 e. The summed E-state index contributed by atoms with van der Waals surface area (Å²) in [6, 6.07) is 1.99. The van der Waals surface area contributed by atoms with Gasteiger partial charge in [0, 0.05) is 11.8 Å². The molecule has 2 atom stereocenters. The molecule has 1 aliphatic heterocycles. The van der Waals surface area contributed by atoms with Gasteiger partial charge in [0.05, 0.1) is 0 Å². The molecular weight excluding hydrogens is 204 g/mol. The van der Waals surface area contributed by atoms with Crippen LogP contribution >= 0.6 is 0 Å². The lowest BCUT2D eigenvalue weighted by molar-refractivity contribution is 0.161. The van der Waals surface area contributed by atoms with Gasteiger partial charge in [0.15, 0.2) is 5.75 Å². The van der Waals surface area contributed by atoms with Crippen LogP contribution in [0, 0.1) is 5.92 Å². The van der Waals surface area contributed by atoms with Crippen LogP contribution in [0.5, 0.6) is 11.6 Å². The van der Waals surface area contributed by atoms with E-state index in [1.54, 1.807) is 6.20 Å². The smallest absolute Gasteiger partial charge is 0.257 e. The first-order chi connectivity index (χ1) is 7.74. The van der Waals surface area contributed by atoms with Crippen molar-refractivity contribution in [2.24, 2.45) is 11.7 Å². The van der Waals surface area contributed by atoms with E-state index in [0.29, 0.717) is 37.5 Å². The largest absolute Gasteiger partial charge is 0.484 e. The van der Waals surface area contributed by atoms with Crippen molar-refractivity contribution in [1.82, 2.24) is 4.98 Å². The fraction of sp³-hybridized carbons (Fsp3) is 0.583. The first kappa shape index (κ1) is 11.2. The van der Waals surface area contributed by atoms with Gasteiger partial charge in [-0.2, -0.15) is 0 Å². The minimum atomic E-state index is 0.350. The van der Waals surface area contributed by atoms with Crippen LogP contribution in [-0.4, -0.2) is 24.7 Å². The second kappa shape index (κ2) is 4.70. The molecule has 0 aromatic carbocycles. The molecule has 0 saturated carbocycles. The van der Waals surface area contributed by atoms with Gasteiger partial charge in [-0.25, -0.2) is 4.98 Å². The Hall–Kier alpha value is -1.29. The predicted octanol–water partition coefficient (Wildman–Crippen LogP) is 1.55. The maximum Gasteiger partial charge on any atom is 0.257 e. The third-order valence-electron chi connectivity index (χ3n) is 3.19. The molecular formula is C12H18N2O2. The summed E-state index contributed by atoms with van der Waals surface area (Å²) in [5, 5.41) is 0. The summed E-state index contributed by atoms with van der Waals surface area (Å²) >= 11 is 0. The van der Waals surface area contributed by atoms with E-state index < -0.39 is 0 Å². The van der Waals surface area contributed by atoms with Crippen LogP contribution in [0.1, 0.15) is 25.3 Å². The average Bonchev–Trinajstić information content (AvgIpc) is 2.36. The van der Waals surface area contributed by atoms with Crippen molar-refractivity contribution in [1.29, 1.82) is 0 Å². The van der Waals surface area contributed by atoms with E-state index in [1.165, 1.54) is 0 Å². The van der Waals surface area contributed by atoms with Gasteiger partial charge < -0.3 is 15.2 Å². The minimum absolute atomic E-state index is 0.350. The molecule has 0 saturated heterocycles. The molecule has 1 aromatic heterocycles. The van der Waals surface area contributed by atoms with Crippen molar-refractivity contribution in [2.75, 3.05) is 19.8 Å². The zero-order valence-electron chi connectivity index (χ0n) is 9.77. The molecule has 1 aromatic rings. The van der Waals surface area contributed by atoms with Crippen LogP contribution in [0.25, 0.3) is 0 Å². The van der Waals surface area contributed by atoms with Gasteiger partial charge in [-0.05, 0) is 24.4 Å². The van der Waals surface area contributed by atoms with Gasteiger partial charge >= 0.3 is 0 Å². The molecule has 2 unspecified atom stereocenters. The Morgan fingerprint density at radius 2 is 2.12 bits per heavy atom. The van der Waals surface area contributed by atoms with Crippen molar-refractivity contribution in [3.8, 4) is 11.6 Å². The molecule has 16 heavy (non-hydrogen) atoms.